The van der Waals surface area contributed by atoms with Crippen LogP contribution in [0.25, 0.3) is 0 Å². The van der Waals surface area contributed by atoms with Gasteiger partial charge in [-0.2, -0.15) is 0 Å². The van der Waals surface area contributed by atoms with Crippen LogP contribution in [0.5, 0.6) is 0 Å². The molecule has 3 heteroatoms. The zero-order chi connectivity index (χ0) is 12.1. The molecule has 1 aromatic rings. The molecule has 1 aliphatic rings. The number of ether oxygens (including phenoxy) is 1. The predicted octanol–water partition coefficient (Wildman–Crippen LogP) is 2.64. The lowest BCUT2D eigenvalue weighted by molar-refractivity contribution is -0.154. The van der Waals surface area contributed by atoms with Gasteiger partial charge in [-0.3, -0.25) is 0 Å². The summed E-state index contributed by atoms with van der Waals surface area (Å²) in [5.74, 6) is -0.860. The maximum atomic E-state index is 11.2. The van der Waals surface area contributed by atoms with Gasteiger partial charge < -0.3 is 9.84 Å². The third kappa shape index (κ3) is 3.56. The zero-order valence-corrected chi connectivity index (χ0v) is 9.84. The van der Waals surface area contributed by atoms with Gasteiger partial charge in [0.25, 0.3) is 0 Å². The molecule has 1 N–H and O–H groups in total. The zero-order valence-electron chi connectivity index (χ0n) is 9.84. The molecule has 0 radical (unpaired) electrons. The van der Waals surface area contributed by atoms with Crippen molar-refractivity contribution in [1.29, 1.82) is 0 Å². The highest BCUT2D eigenvalue weighted by Crippen LogP contribution is 2.23. The van der Waals surface area contributed by atoms with Crippen molar-refractivity contribution >= 4 is 5.97 Å². The molecule has 0 unspecified atom stereocenters. The van der Waals surface area contributed by atoms with Crippen molar-refractivity contribution in [3.05, 3.63) is 35.9 Å². The monoisotopic (exact) mass is 234 g/mol. The first-order valence-electron chi connectivity index (χ1n) is 6.18. The summed E-state index contributed by atoms with van der Waals surface area (Å²) < 4.78 is 5.68. The van der Waals surface area contributed by atoms with Crippen LogP contribution >= 0.6 is 0 Å². The van der Waals surface area contributed by atoms with Crippen LogP contribution in [-0.2, 0) is 16.0 Å². The SMILES string of the molecule is O=C(O)[C@H](Cc1ccccc1)OC1CCCC1. The summed E-state index contributed by atoms with van der Waals surface area (Å²) >= 11 is 0. The highest BCUT2D eigenvalue weighted by atomic mass is 16.5. The van der Waals surface area contributed by atoms with Crippen molar-refractivity contribution in [1.82, 2.24) is 0 Å². The number of carbonyl (C=O) groups is 1. The summed E-state index contributed by atoms with van der Waals surface area (Å²) in [4.78, 5) is 11.2. The van der Waals surface area contributed by atoms with Crippen LogP contribution in [0, 0.1) is 0 Å². The lowest BCUT2D eigenvalue weighted by Gasteiger charge is -2.18. The molecule has 1 aliphatic carbocycles. The Balaban J connectivity index is 1.95. The van der Waals surface area contributed by atoms with Crippen molar-refractivity contribution < 1.29 is 14.6 Å². The molecule has 3 nitrogen and oxygen atoms in total. The first-order chi connectivity index (χ1) is 8.25. The van der Waals surface area contributed by atoms with E-state index in [-0.39, 0.29) is 6.10 Å². The van der Waals surface area contributed by atoms with E-state index in [0.29, 0.717) is 6.42 Å². The average molecular weight is 234 g/mol. The van der Waals surface area contributed by atoms with Crippen LogP contribution in [0.15, 0.2) is 30.3 Å². The molecular formula is C14H18O3. The lowest BCUT2D eigenvalue weighted by Crippen LogP contribution is -2.30. The minimum absolute atomic E-state index is 0.139. The molecule has 17 heavy (non-hydrogen) atoms. The number of carboxylic acid groups (broad SMARTS) is 1. The van der Waals surface area contributed by atoms with Gasteiger partial charge in [0.15, 0.2) is 6.10 Å². The molecule has 0 saturated heterocycles. The van der Waals surface area contributed by atoms with Crippen LogP contribution in [-0.4, -0.2) is 23.3 Å². The fourth-order valence-electron chi connectivity index (χ4n) is 2.28. The number of hydrogen-bond donors (Lipinski definition) is 1. The van der Waals surface area contributed by atoms with E-state index in [1.54, 1.807) is 0 Å². The van der Waals surface area contributed by atoms with Crippen molar-refractivity contribution in [2.45, 2.75) is 44.3 Å². The number of rotatable bonds is 5. The number of aliphatic carboxylic acids is 1. The fraction of sp³-hybridized carbons (Fsp3) is 0.500. The minimum Gasteiger partial charge on any atom is -0.479 e. The number of hydrogen-bond acceptors (Lipinski definition) is 2. The Labute approximate surface area is 101 Å². The summed E-state index contributed by atoms with van der Waals surface area (Å²) in [7, 11) is 0. The molecule has 0 aliphatic heterocycles. The second-order valence-electron chi connectivity index (χ2n) is 4.56. The van der Waals surface area contributed by atoms with Crippen LogP contribution < -0.4 is 0 Å². The van der Waals surface area contributed by atoms with Crippen molar-refractivity contribution in [2.75, 3.05) is 0 Å². The van der Waals surface area contributed by atoms with Gasteiger partial charge in [0.2, 0.25) is 0 Å². The summed E-state index contributed by atoms with van der Waals surface area (Å²) in [5, 5.41) is 9.17. The van der Waals surface area contributed by atoms with Crippen molar-refractivity contribution in [2.24, 2.45) is 0 Å². The van der Waals surface area contributed by atoms with Crippen LogP contribution in [0.1, 0.15) is 31.2 Å². The van der Waals surface area contributed by atoms with Crippen LogP contribution in [0.3, 0.4) is 0 Å². The molecule has 1 atom stereocenters. The summed E-state index contributed by atoms with van der Waals surface area (Å²) in [5.41, 5.74) is 1.01. The van der Waals surface area contributed by atoms with Crippen molar-refractivity contribution in [3.8, 4) is 0 Å². The third-order valence-corrected chi connectivity index (χ3v) is 3.20. The maximum absolute atomic E-state index is 11.2. The lowest BCUT2D eigenvalue weighted by atomic mass is 10.1. The molecule has 0 amide bonds. The van der Waals surface area contributed by atoms with Gasteiger partial charge in [-0.1, -0.05) is 43.2 Å². The Morgan fingerprint density at radius 3 is 2.53 bits per heavy atom. The van der Waals surface area contributed by atoms with Gasteiger partial charge in [0.1, 0.15) is 0 Å². The molecule has 1 aromatic carbocycles. The molecular weight excluding hydrogens is 216 g/mol. The summed E-state index contributed by atoms with van der Waals surface area (Å²) in [6.45, 7) is 0. The Morgan fingerprint density at radius 1 is 1.29 bits per heavy atom. The predicted molar refractivity (Wildman–Crippen MR) is 64.9 cm³/mol. The fourth-order valence-corrected chi connectivity index (χ4v) is 2.28. The largest absolute Gasteiger partial charge is 0.479 e. The smallest absolute Gasteiger partial charge is 0.333 e. The van der Waals surface area contributed by atoms with E-state index in [2.05, 4.69) is 0 Å². The molecule has 0 spiro atoms. The van der Waals surface area contributed by atoms with E-state index in [1.807, 2.05) is 30.3 Å². The van der Waals surface area contributed by atoms with E-state index >= 15 is 0 Å². The average Bonchev–Trinajstić information content (AvgIpc) is 2.82. The van der Waals surface area contributed by atoms with E-state index in [1.165, 1.54) is 0 Å². The van der Waals surface area contributed by atoms with Gasteiger partial charge in [-0.15, -0.1) is 0 Å². The highest BCUT2D eigenvalue weighted by molar-refractivity contribution is 5.72. The summed E-state index contributed by atoms with van der Waals surface area (Å²) in [6, 6.07) is 9.65. The first kappa shape index (κ1) is 12.1. The van der Waals surface area contributed by atoms with Gasteiger partial charge >= 0.3 is 5.97 Å². The van der Waals surface area contributed by atoms with Gasteiger partial charge in [-0.05, 0) is 18.4 Å². The third-order valence-electron chi connectivity index (χ3n) is 3.20. The van der Waals surface area contributed by atoms with Gasteiger partial charge in [-0.25, -0.2) is 4.79 Å². The van der Waals surface area contributed by atoms with E-state index < -0.39 is 12.1 Å². The van der Waals surface area contributed by atoms with E-state index in [0.717, 1.165) is 31.2 Å². The molecule has 1 fully saturated rings. The Morgan fingerprint density at radius 2 is 1.94 bits per heavy atom. The normalized spacial score (nSPS) is 18.1. The summed E-state index contributed by atoms with van der Waals surface area (Å²) in [6.07, 6.45) is 4.19. The maximum Gasteiger partial charge on any atom is 0.333 e. The molecule has 1 saturated carbocycles. The second-order valence-corrected chi connectivity index (χ2v) is 4.56. The van der Waals surface area contributed by atoms with Gasteiger partial charge in [0.05, 0.1) is 6.10 Å². The molecule has 92 valence electrons. The Kier molecular flexibility index (Phi) is 4.15. The first-order valence-corrected chi connectivity index (χ1v) is 6.18. The van der Waals surface area contributed by atoms with E-state index in [4.69, 9.17) is 9.84 Å². The molecule has 0 bridgehead atoms. The molecule has 2 rings (SSSR count). The minimum atomic E-state index is -0.860. The second kappa shape index (κ2) is 5.82. The highest BCUT2D eigenvalue weighted by Gasteiger charge is 2.25. The van der Waals surface area contributed by atoms with Gasteiger partial charge in [0, 0.05) is 6.42 Å². The standard InChI is InChI=1S/C14H18O3/c15-14(16)13(17-12-8-4-5-9-12)10-11-6-2-1-3-7-11/h1-3,6-7,12-13H,4-5,8-10H2,(H,15,16)/t13-/m0/s1. The molecule has 0 heterocycles. The Hall–Kier alpha value is -1.35. The number of benzene rings is 1. The van der Waals surface area contributed by atoms with Crippen molar-refractivity contribution in [3.63, 3.8) is 0 Å². The van der Waals surface area contributed by atoms with Crippen LogP contribution in [0.2, 0.25) is 0 Å². The molecule has 0 aromatic heterocycles. The van der Waals surface area contributed by atoms with E-state index in [9.17, 15) is 4.79 Å². The Bertz CT molecular complexity index is 355. The topological polar surface area (TPSA) is 46.5 Å². The number of carboxylic acids is 1. The van der Waals surface area contributed by atoms with Crippen LogP contribution in [0.4, 0.5) is 0 Å². The quantitative estimate of drug-likeness (QED) is 0.852.